The van der Waals surface area contributed by atoms with Crippen LogP contribution in [0.5, 0.6) is 11.5 Å². The van der Waals surface area contributed by atoms with E-state index in [9.17, 15) is 0 Å². The Balaban J connectivity index is 2.49. The van der Waals surface area contributed by atoms with E-state index < -0.39 is 0 Å². The van der Waals surface area contributed by atoms with Crippen LogP contribution >= 0.6 is 31.9 Å². The molecular formula is C16H17Br2NO2. The Kier molecular flexibility index (Phi) is 5.30. The Morgan fingerprint density at radius 1 is 0.905 bits per heavy atom. The summed E-state index contributed by atoms with van der Waals surface area (Å²) in [5, 5.41) is 0. The Bertz CT molecular complexity index is 637. The summed E-state index contributed by atoms with van der Waals surface area (Å²) in [6.07, 6.45) is 0. The van der Waals surface area contributed by atoms with E-state index in [1.807, 2.05) is 31.2 Å². The monoisotopic (exact) mass is 413 g/mol. The Hall–Kier alpha value is -1.04. The van der Waals surface area contributed by atoms with Gasteiger partial charge in [-0.25, -0.2) is 0 Å². The zero-order chi connectivity index (χ0) is 15.6. The number of ether oxygens (including phenoxy) is 2. The highest BCUT2D eigenvalue weighted by Crippen LogP contribution is 2.34. The van der Waals surface area contributed by atoms with Crippen molar-refractivity contribution in [2.24, 2.45) is 5.73 Å². The molecule has 0 radical (unpaired) electrons. The van der Waals surface area contributed by atoms with Gasteiger partial charge in [0.1, 0.15) is 11.5 Å². The molecule has 1 unspecified atom stereocenters. The minimum absolute atomic E-state index is 0.278. The third-order valence-corrected chi connectivity index (χ3v) is 4.89. The average molecular weight is 415 g/mol. The molecule has 0 heterocycles. The molecule has 0 bridgehead atoms. The summed E-state index contributed by atoms with van der Waals surface area (Å²) in [4.78, 5) is 0. The van der Waals surface area contributed by atoms with Crippen LogP contribution < -0.4 is 15.2 Å². The fourth-order valence-corrected chi connectivity index (χ4v) is 3.15. The van der Waals surface area contributed by atoms with Gasteiger partial charge in [0.05, 0.1) is 20.3 Å². The van der Waals surface area contributed by atoms with Gasteiger partial charge in [0.15, 0.2) is 0 Å². The maximum absolute atomic E-state index is 6.42. The van der Waals surface area contributed by atoms with E-state index in [0.29, 0.717) is 0 Å². The highest BCUT2D eigenvalue weighted by molar-refractivity contribution is 9.11. The van der Waals surface area contributed by atoms with E-state index in [1.165, 1.54) is 0 Å². The highest BCUT2D eigenvalue weighted by Gasteiger charge is 2.16. The number of rotatable bonds is 4. The van der Waals surface area contributed by atoms with Crippen LogP contribution in [-0.2, 0) is 0 Å². The molecule has 2 aromatic carbocycles. The summed E-state index contributed by atoms with van der Waals surface area (Å²) in [5.41, 5.74) is 9.51. The second-order valence-electron chi connectivity index (χ2n) is 4.75. The fraction of sp³-hybridized carbons (Fsp3) is 0.250. The van der Waals surface area contributed by atoms with Crippen LogP contribution in [0.4, 0.5) is 0 Å². The SMILES string of the molecule is COc1cc(OC)cc(C(N)c2cc(Br)c(C)cc2Br)c1. The molecule has 112 valence electrons. The Morgan fingerprint density at radius 2 is 1.48 bits per heavy atom. The van der Waals surface area contributed by atoms with Crippen molar-refractivity contribution in [3.8, 4) is 11.5 Å². The second-order valence-corrected chi connectivity index (χ2v) is 6.46. The van der Waals surface area contributed by atoms with E-state index in [4.69, 9.17) is 15.2 Å². The molecule has 2 aromatic rings. The number of halogens is 2. The molecule has 1 atom stereocenters. The smallest absolute Gasteiger partial charge is 0.122 e. The van der Waals surface area contributed by atoms with Gasteiger partial charge in [-0.15, -0.1) is 0 Å². The molecule has 0 aliphatic carbocycles. The molecule has 0 aliphatic rings. The van der Waals surface area contributed by atoms with Crippen molar-refractivity contribution in [3.05, 3.63) is 56.0 Å². The molecule has 0 saturated heterocycles. The molecule has 0 saturated carbocycles. The number of methoxy groups -OCH3 is 2. The quantitative estimate of drug-likeness (QED) is 0.795. The first-order valence-corrected chi connectivity index (χ1v) is 7.99. The molecule has 5 heteroatoms. The summed E-state index contributed by atoms with van der Waals surface area (Å²) in [6.45, 7) is 2.04. The maximum atomic E-state index is 6.42. The van der Waals surface area contributed by atoms with E-state index in [-0.39, 0.29) is 6.04 Å². The standard InChI is InChI=1S/C16H17Br2NO2/c1-9-4-15(18)13(8-14(9)17)16(19)10-5-11(20-2)7-12(6-10)21-3/h4-8,16H,19H2,1-3H3. The highest BCUT2D eigenvalue weighted by atomic mass is 79.9. The lowest BCUT2D eigenvalue weighted by atomic mass is 9.98. The molecule has 2 rings (SSSR count). The summed E-state index contributed by atoms with van der Waals surface area (Å²) >= 11 is 7.14. The number of hydrogen-bond donors (Lipinski definition) is 1. The van der Waals surface area contributed by atoms with Crippen molar-refractivity contribution in [3.63, 3.8) is 0 Å². The van der Waals surface area contributed by atoms with Crippen molar-refractivity contribution < 1.29 is 9.47 Å². The van der Waals surface area contributed by atoms with Crippen LogP contribution in [0.3, 0.4) is 0 Å². The van der Waals surface area contributed by atoms with Gasteiger partial charge >= 0.3 is 0 Å². The van der Waals surface area contributed by atoms with Crippen LogP contribution in [0, 0.1) is 6.92 Å². The summed E-state index contributed by atoms with van der Waals surface area (Å²) in [6, 6.07) is 9.49. The molecular weight excluding hydrogens is 398 g/mol. The van der Waals surface area contributed by atoms with Gasteiger partial charge in [-0.2, -0.15) is 0 Å². The molecule has 0 fully saturated rings. The zero-order valence-corrected chi connectivity index (χ0v) is 15.3. The molecule has 2 N–H and O–H groups in total. The predicted molar refractivity (Wildman–Crippen MR) is 92.2 cm³/mol. The summed E-state index contributed by atoms with van der Waals surface area (Å²) < 4.78 is 12.6. The van der Waals surface area contributed by atoms with Gasteiger partial charge in [-0.3, -0.25) is 0 Å². The van der Waals surface area contributed by atoms with Gasteiger partial charge in [0.25, 0.3) is 0 Å². The van der Waals surface area contributed by atoms with Crippen LogP contribution in [0.25, 0.3) is 0 Å². The van der Waals surface area contributed by atoms with E-state index >= 15 is 0 Å². The normalized spacial score (nSPS) is 12.1. The number of nitrogens with two attached hydrogens (primary N) is 1. The zero-order valence-electron chi connectivity index (χ0n) is 12.1. The lowest BCUT2D eigenvalue weighted by Gasteiger charge is -2.17. The lowest BCUT2D eigenvalue weighted by Crippen LogP contribution is -2.13. The van der Waals surface area contributed by atoms with Gasteiger partial charge in [0.2, 0.25) is 0 Å². The lowest BCUT2D eigenvalue weighted by molar-refractivity contribution is 0.393. The topological polar surface area (TPSA) is 44.5 Å². The van der Waals surface area contributed by atoms with Crippen molar-refractivity contribution in [2.75, 3.05) is 14.2 Å². The third kappa shape index (κ3) is 3.59. The number of aryl methyl sites for hydroxylation is 1. The molecule has 21 heavy (non-hydrogen) atoms. The molecule has 0 amide bonds. The van der Waals surface area contributed by atoms with E-state index in [1.54, 1.807) is 14.2 Å². The van der Waals surface area contributed by atoms with Crippen LogP contribution in [-0.4, -0.2) is 14.2 Å². The van der Waals surface area contributed by atoms with Crippen molar-refractivity contribution in [1.82, 2.24) is 0 Å². The minimum Gasteiger partial charge on any atom is -0.497 e. The average Bonchev–Trinajstić information content (AvgIpc) is 2.49. The predicted octanol–water partition coefficient (Wildman–Crippen LogP) is 4.59. The van der Waals surface area contributed by atoms with Gasteiger partial charge in [-0.05, 0) is 47.9 Å². The Labute approximate surface area is 141 Å². The van der Waals surface area contributed by atoms with Gasteiger partial charge in [0, 0.05) is 15.0 Å². The van der Waals surface area contributed by atoms with Crippen molar-refractivity contribution in [2.45, 2.75) is 13.0 Å². The van der Waals surface area contributed by atoms with E-state index in [0.717, 1.165) is 37.1 Å². The first-order valence-electron chi connectivity index (χ1n) is 6.40. The number of benzene rings is 2. The van der Waals surface area contributed by atoms with Gasteiger partial charge < -0.3 is 15.2 Å². The Morgan fingerprint density at radius 3 is 2.00 bits per heavy atom. The minimum atomic E-state index is -0.278. The van der Waals surface area contributed by atoms with Crippen molar-refractivity contribution >= 4 is 31.9 Å². The molecule has 0 aliphatic heterocycles. The molecule has 0 aromatic heterocycles. The number of hydrogen-bond acceptors (Lipinski definition) is 3. The van der Waals surface area contributed by atoms with E-state index in [2.05, 4.69) is 37.9 Å². The largest absolute Gasteiger partial charge is 0.497 e. The fourth-order valence-electron chi connectivity index (χ4n) is 2.09. The first kappa shape index (κ1) is 16.3. The van der Waals surface area contributed by atoms with Crippen molar-refractivity contribution in [1.29, 1.82) is 0 Å². The van der Waals surface area contributed by atoms with Crippen LogP contribution in [0.1, 0.15) is 22.7 Å². The second kappa shape index (κ2) is 6.81. The maximum Gasteiger partial charge on any atom is 0.122 e. The van der Waals surface area contributed by atoms with Gasteiger partial charge in [-0.1, -0.05) is 31.9 Å². The first-order chi connectivity index (χ1) is 9.96. The summed E-state index contributed by atoms with van der Waals surface area (Å²) in [5.74, 6) is 1.45. The summed E-state index contributed by atoms with van der Waals surface area (Å²) in [7, 11) is 3.25. The molecule has 3 nitrogen and oxygen atoms in total. The van der Waals surface area contributed by atoms with Crippen LogP contribution in [0.2, 0.25) is 0 Å². The third-order valence-electron chi connectivity index (χ3n) is 3.35. The van der Waals surface area contributed by atoms with Crippen LogP contribution in [0.15, 0.2) is 39.3 Å². The molecule has 0 spiro atoms.